The van der Waals surface area contributed by atoms with E-state index in [0.717, 1.165) is 11.1 Å². The van der Waals surface area contributed by atoms with Crippen LogP contribution in [0.25, 0.3) is 0 Å². The number of nitrogens with zero attached hydrogens (tertiary/aromatic N) is 1. The minimum absolute atomic E-state index is 0.0280. The summed E-state index contributed by atoms with van der Waals surface area (Å²) in [7, 11) is 0. The van der Waals surface area contributed by atoms with Crippen molar-refractivity contribution in [3.63, 3.8) is 0 Å². The van der Waals surface area contributed by atoms with Crippen molar-refractivity contribution in [3.8, 4) is 0 Å². The third kappa shape index (κ3) is 8.89. The average Bonchev–Trinajstić information content (AvgIpc) is 2.71. The number of hydrogen-bond donors (Lipinski definition) is 2. The average molecular weight is 440 g/mol. The fraction of sp³-hybridized carbons (Fsp3) is 0.400. The van der Waals surface area contributed by atoms with Gasteiger partial charge in [-0.1, -0.05) is 60.7 Å². The van der Waals surface area contributed by atoms with Gasteiger partial charge in [0.05, 0.1) is 17.9 Å². The summed E-state index contributed by atoms with van der Waals surface area (Å²) >= 11 is 0. The number of hydrazone groups is 1. The summed E-state index contributed by atoms with van der Waals surface area (Å²) in [5.41, 5.74) is 3.61. The van der Waals surface area contributed by atoms with Crippen molar-refractivity contribution in [2.24, 2.45) is 5.10 Å². The zero-order valence-corrected chi connectivity index (χ0v) is 19.6. The van der Waals surface area contributed by atoms with E-state index in [0.29, 0.717) is 5.71 Å². The number of ether oxygens (including phenoxy) is 2. The first-order valence-electron chi connectivity index (χ1n) is 10.6. The number of carbonyl (C=O) groups excluding carboxylic acids is 2. The second-order valence-electron chi connectivity index (χ2n) is 9.29. The molecule has 7 heteroatoms. The second kappa shape index (κ2) is 10.9. The molecule has 0 saturated carbocycles. The van der Waals surface area contributed by atoms with E-state index in [9.17, 15) is 9.59 Å². The highest BCUT2D eigenvalue weighted by atomic mass is 16.6. The van der Waals surface area contributed by atoms with Crippen molar-refractivity contribution in [3.05, 3.63) is 71.8 Å². The van der Waals surface area contributed by atoms with Crippen LogP contribution in [0.15, 0.2) is 65.8 Å². The number of nitrogens with one attached hydrogen (secondary N) is 2. The number of hydrogen-bond acceptors (Lipinski definition) is 5. The van der Waals surface area contributed by atoms with Gasteiger partial charge >= 0.3 is 12.0 Å². The summed E-state index contributed by atoms with van der Waals surface area (Å²) in [4.78, 5) is 25.2. The third-order valence-electron chi connectivity index (χ3n) is 4.04. The molecule has 2 amide bonds. The molecule has 0 radical (unpaired) electrons. The number of urea groups is 1. The molecule has 172 valence electrons. The lowest BCUT2D eigenvalue weighted by Gasteiger charge is -2.27. The van der Waals surface area contributed by atoms with E-state index in [1.807, 2.05) is 81.4 Å². The first-order valence-corrected chi connectivity index (χ1v) is 10.6. The zero-order valence-electron chi connectivity index (χ0n) is 19.6. The highest BCUT2D eigenvalue weighted by Gasteiger charge is 2.28. The smallest absolute Gasteiger partial charge is 0.335 e. The van der Waals surface area contributed by atoms with Crippen LogP contribution in [0.5, 0.6) is 0 Å². The molecule has 0 aliphatic rings. The molecule has 2 aromatic carbocycles. The van der Waals surface area contributed by atoms with Crippen LogP contribution in [0.3, 0.4) is 0 Å². The van der Waals surface area contributed by atoms with E-state index in [1.54, 1.807) is 20.8 Å². The number of rotatable bonds is 7. The number of benzene rings is 2. The molecular weight excluding hydrogens is 406 g/mol. The lowest BCUT2D eigenvalue weighted by molar-refractivity contribution is -0.160. The fourth-order valence-electron chi connectivity index (χ4n) is 2.66. The lowest BCUT2D eigenvalue weighted by atomic mass is 10.0. The molecule has 0 aromatic heterocycles. The minimum Gasteiger partial charge on any atom is -0.458 e. The normalized spacial score (nSPS) is 12.4. The molecule has 0 fully saturated rings. The standard InChI is InChI=1S/C25H33N3O4/c1-24(2,3)31-17-20(22(29)32-25(4,5)6)26-23(30)28-27-21(18-13-9-7-10-14-18)19-15-11-8-12-16-19/h7-16,20H,17H2,1-6H3,(H2,26,28,30)/t20-/m0/s1. The SMILES string of the molecule is CC(C)(C)OC[C@H](NC(=O)NN=C(c1ccccc1)c1ccccc1)C(=O)OC(C)(C)C. The van der Waals surface area contributed by atoms with Gasteiger partial charge in [0.1, 0.15) is 5.60 Å². The van der Waals surface area contributed by atoms with Gasteiger partial charge in [-0.15, -0.1) is 0 Å². The summed E-state index contributed by atoms with van der Waals surface area (Å²) < 4.78 is 11.1. The van der Waals surface area contributed by atoms with Crippen LogP contribution in [-0.4, -0.2) is 41.6 Å². The van der Waals surface area contributed by atoms with E-state index >= 15 is 0 Å². The third-order valence-corrected chi connectivity index (χ3v) is 4.04. The largest absolute Gasteiger partial charge is 0.458 e. The number of esters is 1. The molecule has 1 atom stereocenters. The van der Waals surface area contributed by atoms with Crippen LogP contribution in [-0.2, 0) is 14.3 Å². The van der Waals surface area contributed by atoms with Gasteiger partial charge in [0, 0.05) is 11.1 Å². The monoisotopic (exact) mass is 439 g/mol. The Morgan fingerprint density at radius 3 is 1.78 bits per heavy atom. The first-order chi connectivity index (χ1) is 14.9. The molecule has 0 heterocycles. The summed E-state index contributed by atoms with van der Waals surface area (Å²) in [6, 6.07) is 17.4. The summed E-state index contributed by atoms with van der Waals surface area (Å²) in [6.45, 7) is 10.9. The Labute approximate surface area is 190 Å². The quantitative estimate of drug-likeness (QED) is 0.383. The Kier molecular flexibility index (Phi) is 8.55. The summed E-state index contributed by atoms with van der Waals surface area (Å²) in [5, 5.41) is 6.94. The topological polar surface area (TPSA) is 89.0 Å². The Hall–Kier alpha value is -3.19. The van der Waals surface area contributed by atoms with Crippen molar-refractivity contribution >= 4 is 17.7 Å². The molecule has 32 heavy (non-hydrogen) atoms. The molecule has 0 aliphatic carbocycles. The van der Waals surface area contributed by atoms with E-state index < -0.39 is 29.2 Å². The maximum Gasteiger partial charge on any atom is 0.335 e. The van der Waals surface area contributed by atoms with Crippen molar-refractivity contribution in [2.45, 2.75) is 58.8 Å². The van der Waals surface area contributed by atoms with Crippen molar-refractivity contribution in [2.75, 3.05) is 6.61 Å². The Morgan fingerprint density at radius 1 is 0.844 bits per heavy atom. The van der Waals surface area contributed by atoms with Gasteiger partial charge in [-0.3, -0.25) is 0 Å². The highest BCUT2D eigenvalue weighted by molar-refractivity contribution is 6.13. The zero-order chi connectivity index (χ0) is 23.8. The van der Waals surface area contributed by atoms with Crippen LogP contribution in [0.2, 0.25) is 0 Å². The molecule has 2 N–H and O–H groups in total. The van der Waals surface area contributed by atoms with Crippen molar-refractivity contribution < 1.29 is 19.1 Å². The fourth-order valence-corrected chi connectivity index (χ4v) is 2.66. The van der Waals surface area contributed by atoms with Gasteiger partial charge in [-0.25, -0.2) is 15.0 Å². The number of carbonyl (C=O) groups is 2. The highest BCUT2D eigenvalue weighted by Crippen LogP contribution is 2.12. The molecule has 0 unspecified atom stereocenters. The van der Waals surface area contributed by atoms with Crippen LogP contribution in [0, 0.1) is 0 Å². The Morgan fingerprint density at radius 2 is 1.34 bits per heavy atom. The van der Waals surface area contributed by atoms with E-state index in [2.05, 4.69) is 15.8 Å². The molecule has 0 saturated heterocycles. The van der Waals surface area contributed by atoms with Crippen LogP contribution < -0.4 is 10.7 Å². The maximum atomic E-state index is 12.6. The summed E-state index contributed by atoms with van der Waals surface area (Å²) in [5.74, 6) is -0.577. The van der Waals surface area contributed by atoms with Gasteiger partial charge in [0.15, 0.2) is 6.04 Å². The van der Waals surface area contributed by atoms with Gasteiger partial charge in [-0.05, 0) is 41.5 Å². The van der Waals surface area contributed by atoms with Gasteiger partial charge < -0.3 is 14.8 Å². The van der Waals surface area contributed by atoms with Gasteiger partial charge in [-0.2, -0.15) is 5.10 Å². The maximum absolute atomic E-state index is 12.6. The van der Waals surface area contributed by atoms with Gasteiger partial charge in [0.25, 0.3) is 0 Å². The van der Waals surface area contributed by atoms with Crippen LogP contribution in [0.1, 0.15) is 52.7 Å². The number of amides is 2. The minimum atomic E-state index is -0.986. The van der Waals surface area contributed by atoms with Crippen molar-refractivity contribution in [1.82, 2.24) is 10.7 Å². The summed E-state index contributed by atoms with van der Waals surface area (Å²) in [6.07, 6.45) is 0. The van der Waals surface area contributed by atoms with E-state index in [1.165, 1.54) is 0 Å². The lowest BCUT2D eigenvalue weighted by Crippen LogP contribution is -2.50. The molecule has 0 bridgehead atoms. The van der Waals surface area contributed by atoms with E-state index in [4.69, 9.17) is 9.47 Å². The van der Waals surface area contributed by atoms with E-state index in [-0.39, 0.29) is 6.61 Å². The molecular formula is C25H33N3O4. The molecule has 2 aromatic rings. The van der Waals surface area contributed by atoms with Crippen LogP contribution in [0.4, 0.5) is 4.79 Å². The molecule has 2 rings (SSSR count). The second-order valence-corrected chi connectivity index (χ2v) is 9.29. The van der Waals surface area contributed by atoms with Crippen LogP contribution >= 0.6 is 0 Å². The molecule has 0 spiro atoms. The molecule has 7 nitrogen and oxygen atoms in total. The predicted octanol–water partition coefficient (Wildman–Crippen LogP) is 4.26. The predicted molar refractivity (Wildman–Crippen MR) is 126 cm³/mol. The Balaban J connectivity index is 2.18. The first kappa shape index (κ1) is 25.1. The van der Waals surface area contributed by atoms with Gasteiger partial charge in [0.2, 0.25) is 0 Å². The Bertz CT molecular complexity index is 872. The molecule has 0 aliphatic heterocycles. The van der Waals surface area contributed by atoms with Crippen molar-refractivity contribution in [1.29, 1.82) is 0 Å².